The Morgan fingerprint density at radius 1 is 1.15 bits per heavy atom. The third kappa shape index (κ3) is 7.98. The van der Waals surface area contributed by atoms with E-state index in [0.717, 1.165) is 5.56 Å². The number of benzene rings is 1. The molecule has 2 amide bonds. The molecule has 0 aliphatic carbocycles. The molecule has 0 bridgehead atoms. The van der Waals surface area contributed by atoms with Gasteiger partial charge in [0.1, 0.15) is 12.6 Å². The van der Waals surface area contributed by atoms with E-state index in [-0.39, 0.29) is 25.5 Å². The minimum atomic E-state index is -1.11. The quantitative estimate of drug-likeness (QED) is 0.561. The summed E-state index contributed by atoms with van der Waals surface area (Å²) in [6, 6.07) is 8.37. The standard InChI is InChI=1S/C18H26N2O6/c1-12(2)16(17(23)25-3)20-15(22)9-14(21)10-19-18(24)26-11-13-7-5-4-6-8-13/h4-8,12,14,16,21H,9-11H2,1-3H3,(H,19,24)(H,20,22)/t14-,16+/m1/s1. The van der Waals surface area contributed by atoms with Crippen LogP contribution in [0.2, 0.25) is 0 Å². The number of ether oxygens (including phenoxy) is 2. The maximum absolute atomic E-state index is 11.9. The Labute approximate surface area is 152 Å². The molecule has 0 aliphatic rings. The average Bonchev–Trinajstić information content (AvgIpc) is 2.62. The molecule has 26 heavy (non-hydrogen) atoms. The van der Waals surface area contributed by atoms with Crippen LogP contribution in [0.3, 0.4) is 0 Å². The summed E-state index contributed by atoms with van der Waals surface area (Å²) in [4.78, 5) is 35.1. The second-order valence-electron chi connectivity index (χ2n) is 6.11. The third-order valence-electron chi connectivity index (χ3n) is 3.55. The summed E-state index contributed by atoms with van der Waals surface area (Å²) in [6.45, 7) is 3.50. The highest BCUT2D eigenvalue weighted by atomic mass is 16.5. The van der Waals surface area contributed by atoms with Gasteiger partial charge in [0.05, 0.1) is 19.6 Å². The maximum Gasteiger partial charge on any atom is 0.407 e. The molecule has 0 heterocycles. The number of amides is 2. The van der Waals surface area contributed by atoms with Crippen LogP contribution in [-0.2, 0) is 25.7 Å². The van der Waals surface area contributed by atoms with Gasteiger partial charge in [0.15, 0.2) is 0 Å². The van der Waals surface area contributed by atoms with Crippen molar-refractivity contribution in [2.24, 2.45) is 5.92 Å². The lowest BCUT2D eigenvalue weighted by Gasteiger charge is -2.20. The number of methoxy groups -OCH3 is 1. The normalized spacial score (nSPS) is 12.8. The Bertz CT molecular complexity index is 591. The van der Waals surface area contributed by atoms with Gasteiger partial charge in [0, 0.05) is 6.54 Å². The van der Waals surface area contributed by atoms with E-state index in [1.807, 2.05) is 30.3 Å². The molecule has 8 nitrogen and oxygen atoms in total. The topological polar surface area (TPSA) is 114 Å². The van der Waals surface area contributed by atoms with Crippen LogP contribution in [0.1, 0.15) is 25.8 Å². The molecule has 2 atom stereocenters. The molecule has 0 radical (unpaired) electrons. The number of rotatable bonds is 9. The van der Waals surface area contributed by atoms with Crippen LogP contribution in [0.25, 0.3) is 0 Å². The van der Waals surface area contributed by atoms with Crippen LogP contribution in [0.5, 0.6) is 0 Å². The third-order valence-corrected chi connectivity index (χ3v) is 3.55. The highest BCUT2D eigenvalue weighted by Gasteiger charge is 2.25. The van der Waals surface area contributed by atoms with Gasteiger partial charge in [-0.3, -0.25) is 4.79 Å². The molecule has 8 heteroatoms. The summed E-state index contributed by atoms with van der Waals surface area (Å²) in [5.74, 6) is -1.22. The molecular formula is C18H26N2O6. The number of carbonyl (C=O) groups is 3. The largest absolute Gasteiger partial charge is 0.467 e. The second kappa shape index (κ2) is 11.1. The first-order valence-corrected chi connectivity index (χ1v) is 8.33. The lowest BCUT2D eigenvalue weighted by atomic mass is 10.0. The number of hydrogen-bond acceptors (Lipinski definition) is 6. The molecule has 0 fully saturated rings. The van der Waals surface area contributed by atoms with Crippen LogP contribution in [0, 0.1) is 5.92 Å². The molecule has 3 N–H and O–H groups in total. The molecule has 144 valence electrons. The number of aliphatic hydroxyl groups excluding tert-OH is 1. The molecule has 0 aliphatic heterocycles. The van der Waals surface area contributed by atoms with Gasteiger partial charge in [-0.2, -0.15) is 0 Å². The molecule has 0 unspecified atom stereocenters. The first-order chi connectivity index (χ1) is 12.3. The van der Waals surface area contributed by atoms with Gasteiger partial charge in [0.25, 0.3) is 0 Å². The summed E-state index contributed by atoms with van der Waals surface area (Å²) in [6.07, 6.45) is -2.06. The van der Waals surface area contributed by atoms with E-state index < -0.39 is 30.1 Å². The molecule has 0 aromatic heterocycles. The Kier molecular flexibility index (Phi) is 9.14. The summed E-state index contributed by atoms with van der Waals surface area (Å²) in [7, 11) is 1.24. The highest BCUT2D eigenvalue weighted by molar-refractivity contribution is 5.84. The summed E-state index contributed by atoms with van der Waals surface area (Å²) < 4.78 is 9.63. The number of carbonyl (C=O) groups excluding carboxylic acids is 3. The molecule has 1 aromatic rings. The predicted molar refractivity (Wildman–Crippen MR) is 94.0 cm³/mol. The van der Waals surface area contributed by atoms with Crippen molar-refractivity contribution in [1.82, 2.24) is 10.6 Å². The number of aliphatic hydroxyl groups is 1. The van der Waals surface area contributed by atoms with Crippen molar-refractivity contribution in [2.45, 2.75) is 39.0 Å². The minimum absolute atomic E-state index is 0.110. The highest BCUT2D eigenvalue weighted by Crippen LogP contribution is 2.05. The lowest BCUT2D eigenvalue weighted by Crippen LogP contribution is -2.46. The fourth-order valence-corrected chi connectivity index (χ4v) is 2.12. The van der Waals surface area contributed by atoms with Gasteiger partial charge < -0.3 is 25.2 Å². The molecule has 0 saturated carbocycles. The number of esters is 1. The van der Waals surface area contributed by atoms with Crippen molar-refractivity contribution >= 4 is 18.0 Å². The molecule has 0 saturated heterocycles. The molecule has 1 rings (SSSR count). The van der Waals surface area contributed by atoms with Crippen molar-refractivity contribution in [3.8, 4) is 0 Å². The SMILES string of the molecule is COC(=O)[C@@H](NC(=O)C[C@@H](O)CNC(=O)OCc1ccccc1)C(C)C. The Hall–Kier alpha value is -2.61. The zero-order chi connectivity index (χ0) is 19.5. The van der Waals surface area contributed by atoms with E-state index in [2.05, 4.69) is 15.4 Å². The van der Waals surface area contributed by atoms with Crippen molar-refractivity contribution in [2.75, 3.05) is 13.7 Å². The van der Waals surface area contributed by atoms with Gasteiger partial charge in [-0.05, 0) is 11.5 Å². The van der Waals surface area contributed by atoms with Crippen molar-refractivity contribution in [1.29, 1.82) is 0 Å². The fraction of sp³-hybridized carbons (Fsp3) is 0.500. The second-order valence-corrected chi connectivity index (χ2v) is 6.11. The average molecular weight is 366 g/mol. The van der Waals surface area contributed by atoms with Gasteiger partial charge in [-0.15, -0.1) is 0 Å². The maximum atomic E-state index is 11.9. The summed E-state index contributed by atoms with van der Waals surface area (Å²) >= 11 is 0. The van der Waals surface area contributed by atoms with Crippen LogP contribution < -0.4 is 10.6 Å². The summed E-state index contributed by atoms with van der Waals surface area (Å²) in [5, 5.41) is 14.8. The summed E-state index contributed by atoms with van der Waals surface area (Å²) in [5.41, 5.74) is 0.838. The van der Waals surface area contributed by atoms with Crippen LogP contribution in [0.15, 0.2) is 30.3 Å². The van der Waals surface area contributed by atoms with Crippen molar-refractivity contribution in [3.05, 3.63) is 35.9 Å². The zero-order valence-corrected chi connectivity index (χ0v) is 15.2. The van der Waals surface area contributed by atoms with Gasteiger partial charge >= 0.3 is 12.1 Å². The molecule has 1 aromatic carbocycles. The fourth-order valence-electron chi connectivity index (χ4n) is 2.12. The smallest absolute Gasteiger partial charge is 0.407 e. The number of alkyl carbamates (subject to hydrolysis) is 1. The van der Waals surface area contributed by atoms with Gasteiger partial charge in [-0.1, -0.05) is 44.2 Å². The first-order valence-electron chi connectivity index (χ1n) is 8.33. The lowest BCUT2D eigenvalue weighted by molar-refractivity contribution is -0.146. The first kappa shape index (κ1) is 21.4. The molecule has 0 spiro atoms. The van der Waals surface area contributed by atoms with Crippen molar-refractivity contribution in [3.63, 3.8) is 0 Å². The Morgan fingerprint density at radius 2 is 1.81 bits per heavy atom. The molecular weight excluding hydrogens is 340 g/mol. The van der Waals surface area contributed by atoms with E-state index in [9.17, 15) is 19.5 Å². The Balaban J connectivity index is 2.31. The van der Waals surface area contributed by atoms with E-state index in [1.54, 1.807) is 13.8 Å². The van der Waals surface area contributed by atoms with Crippen LogP contribution in [-0.4, -0.2) is 48.9 Å². The number of nitrogens with one attached hydrogen (secondary N) is 2. The minimum Gasteiger partial charge on any atom is -0.467 e. The predicted octanol–water partition coefficient (Wildman–Crippen LogP) is 0.978. The van der Waals surface area contributed by atoms with Gasteiger partial charge in [0.2, 0.25) is 5.91 Å². The van der Waals surface area contributed by atoms with E-state index >= 15 is 0 Å². The van der Waals surface area contributed by atoms with Crippen molar-refractivity contribution < 1.29 is 29.0 Å². The number of hydrogen-bond donors (Lipinski definition) is 3. The Morgan fingerprint density at radius 3 is 2.38 bits per heavy atom. The van der Waals surface area contributed by atoms with Crippen LogP contribution >= 0.6 is 0 Å². The monoisotopic (exact) mass is 366 g/mol. The zero-order valence-electron chi connectivity index (χ0n) is 15.2. The van der Waals surface area contributed by atoms with Crippen LogP contribution in [0.4, 0.5) is 4.79 Å². The van der Waals surface area contributed by atoms with E-state index in [1.165, 1.54) is 7.11 Å². The van der Waals surface area contributed by atoms with Gasteiger partial charge in [-0.25, -0.2) is 9.59 Å². The van der Waals surface area contributed by atoms with E-state index in [4.69, 9.17) is 4.74 Å². The van der Waals surface area contributed by atoms with E-state index in [0.29, 0.717) is 0 Å².